The normalized spacial score (nSPS) is 22.8. The van der Waals surface area contributed by atoms with Gasteiger partial charge in [0.25, 0.3) is 0 Å². The highest BCUT2D eigenvalue weighted by Gasteiger charge is 2.35. The van der Waals surface area contributed by atoms with Crippen molar-refractivity contribution in [3.8, 4) is 0 Å². The van der Waals surface area contributed by atoms with Gasteiger partial charge in [-0.2, -0.15) is 0 Å². The molecule has 7 heteroatoms. The predicted octanol–water partition coefficient (Wildman–Crippen LogP) is 1.77. The second kappa shape index (κ2) is 6.17. The highest BCUT2D eigenvalue weighted by molar-refractivity contribution is 5.83. The Morgan fingerprint density at radius 3 is 2.52 bits per heavy atom. The lowest BCUT2D eigenvalue weighted by atomic mass is 10.1. The van der Waals surface area contributed by atoms with Crippen LogP contribution in [0.5, 0.6) is 0 Å². The van der Waals surface area contributed by atoms with Gasteiger partial charge in [0.1, 0.15) is 6.10 Å². The van der Waals surface area contributed by atoms with Gasteiger partial charge in [-0.3, -0.25) is 4.79 Å². The molecular weight excluding hydrogens is 284 g/mol. The molecule has 1 aromatic rings. The first-order valence-electron chi connectivity index (χ1n) is 6.52. The molecule has 2 N–H and O–H groups in total. The Labute approximate surface area is 119 Å². The molecule has 1 aromatic carbocycles. The highest BCUT2D eigenvalue weighted by Crippen LogP contribution is 2.22. The van der Waals surface area contributed by atoms with E-state index in [9.17, 15) is 18.4 Å². The van der Waals surface area contributed by atoms with Gasteiger partial charge in [0, 0.05) is 0 Å². The largest absolute Gasteiger partial charge is 0.479 e. The van der Waals surface area contributed by atoms with Crippen molar-refractivity contribution in [1.82, 2.24) is 5.32 Å². The maximum atomic E-state index is 13.1. The summed E-state index contributed by atoms with van der Waals surface area (Å²) in [6, 6.07) is 2.83. The van der Waals surface area contributed by atoms with Gasteiger partial charge in [0.15, 0.2) is 17.7 Å². The number of carboxylic acids is 1. The van der Waals surface area contributed by atoms with E-state index in [1.54, 1.807) is 6.92 Å². The molecule has 1 fully saturated rings. The van der Waals surface area contributed by atoms with Gasteiger partial charge in [0.05, 0.1) is 6.04 Å². The van der Waals surface area contributed by atoms with E-state index in [1.807, 2.05) is 0 Å². The maximum Gasteiger partial charge on any atom is 0.332 e. The number of rotatable bonds is 4. The fraction of sp³-hybridized carbons (Fsp3) is 0.429. The number of aliphatic carboxylic acids is 1. The standard InChI is InChI=1S/C14H15F2NO4/c1-7(8-2-3-9(15)10(16)6-8)17-13(18)11-4-5-12(21-11)14(19)20/h2-3,6-7,11-12H,4-5H2,1H3,(H,17,18)(H,19,20)/t7?,11-,12+/m0/s1. The zero-order chi connectivity index (χ0) is 15.6. The third-order valence-corrected chi connectivity index (χ3v) is 3.39. The van der Waals surface area contributed by atoms with E-state index in [0.29, 0.717) is 12.0 Å². The molecule has 1 aliphatic heterocycles. The summed E-state index contributed by atoms with van der Waals surface area (Å²) in [5.41, 5.74) is 0.412. The van der Waals surface area contributed by atoms with Crippen LogP contribution in [0.3, 0.4) is 0 Å². The number of halogens is 2. The molecule has 0 aliphatic carbocycles. The molecule has 3 atom stereocenters. The van der Waals surface area contributed by atoms with E-state index >= 15 is 0 Å². The summed E-state index contributed by atoms with van der Waals surface area (Å²) in [5.74, 6) is -3.51. The summed E-state index contributed by atoms with van der Waals surface area (Å²) < 4.78 is 31.1. The molecule has 114 valence electrons. The summed E-state index contributed by atoms with van der Waals surface area (Å²) in [7, 11) is 0. The quantitative estimate of drug-likeness (QED) is 0.888. The third kappa shape index (κ3) is 3.55. The lowest BCUT2D eigenvalue weighted by Crippen LogP contribution is -2.37. The van der Waals surface area contributed by atoms with Crippen LogP contribution in [0, 0.1) is 11.6 Å². The second-order valence-electron chi connectivity index (χ2n) is 4.93. The first kappa shape index (κ1) is 15.4. The van der Waals surface area contributed by atoms with Crippen molar-refractivity contribution in [2.45, 2.75) is 38.0 Å². The van der Waals surface area contributed by atoms with Crippen LogP contribution >= 0.6 is 0 Å². The number of nitrogens with one attached hydrogen (secondary N) is 1. The van der Waals surface area contributed by atoms with Crippen LogP contribution in [0.2, 0.25) is 0 Å². The number of hydrogen-bond donors (Lipinski definition) is 2. The molecule has 2 rings (SSSR count). The van der Waals surface area contributed by atoms with Crippen LogP contribution in [0.25, 0.3) is 0 Å². The molecule has 5 nitrogen and oxygen atoms in total. The average molecular weight is 299 g/mol. The SMILES string of the molecule is CC(NC(=O)[C@@H]1CC[C@H](C(=O)O)O1)c1ccc(F)c(F)c1. The molecular formula is C14H15F2NO4. The van der Waals surface area contributed by atoms with Gasteiger partial charge in [-0.25, -0.2) is 13.6 Å². The lowest BCUT2D eigenvalue weighted by Gasteiger charge is -2.17. The molecule has 1 aliphatic rings. The highest BCUT2D eigenvalue weighted by atomic mass is 19.2. The lowest BCUT2D eigenvalue weighted by molar-refractivity contribution is -0.151. The van der Waals surface area contributed by atoms with Gasteiger partial charge in [-0.1, -0.05) is 6.07 Å². The van der Waals surface area contributed by atoms with Crippen molar-refractivity contribution in [3.05, 3.63) is 35.4 Å². The third-order valence-electron chi connectivity index (χ3n) is 3.39. The fourth-order valence-electron chi connectivity index (χ4n) is 2.18. The van der Waals surface area contributed by atoms with Gasteiger partial charge in [0.2, 0.25) is 5.91 Å². The molecule has 0 spiro atoms. The Balaban J connectivity index is 1.96. The molecule has 0 saturated carbocycles. The molecule has 0 radical (unpaired) electrons. The van der Waals surface area contributed by atoms with E-state index in [1.165, 1.54) is 6.07 Å². The molecule has 21 heavy (non-hydrogen) atoms. The number of hydrogen-bond acceptors (Lipinski definition) is 3. The minimum Gasteiger partial charge on any atom is -0.479 e. The van der Waals surface area contributed by atoms with Crippen molar-refractivity contribution in [2.75, 3.05) is 0 Å². The number of carbonyl (C=O) groups is 2. The number of ether oxygens (including phenoxy) is 1. The Bertz CT molecular complexity index is 564. The Hall–Kier alpha value is -2.02. The molecule has 1 amide bonds. The predicted molar refractivity (Wildman–Crippen MR) is 68.4 cm³/mol. The minimum absolute atomic E-state index is 0.271. The van der Waals surface area contributed by atoms with E-state index in [4.69, 9.17) is 9.84 Å². The average Bonchev–Trinajstić information content (AvgIpc) is 2.91. The van der Waals surface area contributed by atoms with Crippen molar-refractivity contribution in [2.24, 2.45) is 0 Å². The van der Waals surface area contributed by atoms with Crippen molar-refractivity contribution >= 4 is 11.9 Å². The summed E-state index contributed by atoms with van der Waals surface area (Å²) in [6.07, 6.45) is -1.22. The summed E-state index contributed by atoms with van der Waals surface area (Å²) in [6.45, 7) is 1.62. The topological polar surface area (TPSA) is 75.6 Å². The van der Waals surface area contributed by atoms with Crippen LogP contribution in [-0.2, 0) is 14.3 Å². The zero-order valence-electron chi connectivity index (χ0n) is 11.3. The Kier molecular flexibility index (Phi) is 4.52. The van der Waals surface area contributed by atoms with E-state index in [0.717, 1.165) is 12.1 Å². The molecule has 1 unspecified atom stereocenters. The minimum atomic E-state index is -1.10. The van der Waals surface area contributed by atoms with Crippen LogP contribution in [0.4, 0.5) is 8.78 Å². The molecule has 1 heterocycles. The smallest absolute Gasteiger partial charge is 0.332 e. The van der Waals surface area contributed by atoms with Gasteiger partial charge in [-0.15, -0.1) is 0 Å². The molecule has 1 saturated heterocycles. The van der Waals surface area contributed by atoms with Crippen LogP contribution in [0.15, 0.2) is 18.2 Å². The van der Waals surface area contributed by atoms with Crippen LogP contribution in [-0.4, -0.2) is 29.2 Å². The summed E-state index contributed by atoms with van der Waals surface area (Å²) >= 11 is 0. The van der Waals surface area contributed by atoms with E-state index in [2.05, 4.69) is 5.32 Å². The number of carboxylic acid groups (broad SMARTS) is 1. The van der Waals surface area contributed by atoms with E-state index in [-0.39, 0.29) is 6.42 Å². The second-order valence-corrected chi connectivity index (χ2v) is 4.93. The van der Waals surface area contributed by atoms with Gasteiger partial charge in [-0.05, 0) is 37.5 Å². The van der Waals surface area contributed by atoms with Crippen molar-refractivity contribution in [3.63, 3.8) is 0 Å². The van der Waals surface area contributed by atoms with Crippen molar-refractivity contribution < 1.29 is 28.2 Å². The zero-order valence-corrected chi connectivity index (χ0v) is 11.3. The van der Waals surface area contributed by atoms with Crippen LogP contribution in [0.1, 0.15) is 31.4 Å². The van der Waals surface area contributed by atoms with Crippen LogP contribution < -0.4 is 5.32 Å². The van der Waals surface area contributed by atoms with Crippen molar-refractivity contribution in [1.29, 1.82) is 0 Å². The Morgan fingerprint density at radius 2 is 1.95 bits per heavy atom. The first-order valence-corrected chi connectivity index (χ1v) is 6.52. The summed E-state index contributed by atoms with van der Waals surface area (Å²) in [4.78, 5) is 22.7. The van der Waals surface area contributed by atoms with Gasteiger partial charge >= 0.3 is 5.97 Å². The summed E-state index contributed by atoms with van der Waals surface area (Å²) in [5, 5.41) is 11.4. The monoisotopic (exact) mass is 299 g/mol. The maximum absolute atomic E-state index is 13.1. The fourth-order valence-corrected chi connectivity index (χ4v) is 2.18. The first-order chi connectivity index (χ1) is 9.88. The molecule has 0 aromatic heterocycles. The number of amides is 1. The Morgan fingerprint density at radius 1 is 1.29 bits per heavy atom. The van der Waals surface area contributed by atoms with Gasteiger partial charge < -0.3 is 15.2 Å². The van der Waals surface area contributed by atoms with E-state index < -0.39 is 41.8 Å². The number of carbonyl (C=O) groups excluding carboxylic acids is 1. The molecule has 0 bridgehead atoms. The number of benzene rings is 1.